The van der Waals surface area contributed by atoms with E-state index in [1.165, 1.54) is 89.9 Å². The van der Waals surface area contributed by atoms with Crippen LogP contribution in [-0.4, -0.2) is 6.04 Å². The van der Waals surface area contributed by atoms with Gasteiger partial charge in [0.25, 0.3) is 0 Å². The summed E-state index contributed by atoms with van der Waals surface area (Å²) in [5.41, 5.74) is 6.61. The van der Waals surface area contributed by atoms with Crippen LogP contribution in [0.3, 0.4) is 0 Å². The summed E-state index contributed by atoms with van der Waals surface area (Å²) in [4.78, 5) is 0. The van der Waals surface area contributed by atoms with E-state index in [2.05, 4.69) is 13.8 Å². The lowest BCUT2D eigenvalue weighted by Gasteiger charge is -2.23. The van der Waals surface area contributed by atoms with Gasteiger partial charge >= 0.3 is 0 Å². The average molecular weight is 268 g/mol. The van der Waals surface area contributed by atoms with Gasteiger partial charge in [-0.25, -0.2) is 0 Å². The smallest absolute Gasteiger partial charge is 0.00442 e. The largest absolute Gasteiger partial charge is 0.328 e. The maximum absolute atomic E-state index is 6.03. The molecule has 2 N–H and O–H groups in total. The number of unbranched alkanes of at least 4 members (excludes halogenated alkanes) is 9. The normalized spacial score (nSPS) is 27.0. The molecule has 0 radical (unpaired) electrons. The molecule has 1 fully saturated rings. The first-order chi connectivity index (χ1) is 9.16. The third-order valence-corrected chi connectivity index (χ3v) is 5.01. The van der Waals surface area contributed by atoms with E-state index < -0.39 is 0 Å². The molecule has 0 heterocycles. The Morgan fingerprint density at radius 2 is 1.42 bits per heavy atom. The van der Waals surface area contributed by atoms with Gasteiger partial charge in [-0.1, -0.05) is 78.1 Å². The number of rotatable bonds is 11. The van der Waals surface area contributed by atoms with Gasteiger partial charge in [0, 0.05) is 6.04 Å². The molecule has 2 unspecified atom stereocenters. The molecule has 0 saturated heterocycles. The van der Waals surface area contributed by atoms with Crippen LogP contribution in [0.25, 0.3) is 0 Å². The zero-order valence-corrected chi connectivity index (χ0v) is 13.6. The predicted octanol–water partition coefficient (Wildman–Crippen LogP) is 5.81. The first-order valence-corrected chi connectivity index (χ1v) is 8.92. The maximum atomic E-state index is 6.03. The van der Waals surface area contributed by atoms with Crippen molar-refractivity contribution in [3.05, 3.63) is 0 Å². The van der Waals surface area contributed by atoms with E-state index in [0.29, 0.717) is 11.5 Å². The molecular formula is C18H37N. The summed E-state index contributed by atoms with van der Waals surface area (Å²) in [6, 6.07) is 0.494. The minimum atomic E-state index is 0.494. The Kier molecular flexibility index (Phi) is 8.77. The van der Waals surface area contributed by atoms with Gasteiger partial charge in [-0.2, -0.15) is 0 Å². The highest BCUT2D eigenvalue weighted by Crippen LogP contribution is 2.41. The number of nitrogens with two attached hydrogens (primary N) is 1. The van der Waals surface area contributed by atoms with Gasteiger partial charge in [0.05, 0.1) is 0 Å². The third-order valence-electron chi connectivity index (χ3n) is 5.01. The zero-order chi connectivity index (χ0) is 14.0. The van der Waals surface area contributed by atoms with Crippen molar-refractivity contribution in [2.24, 2.45) is 11.1 Å². The van der Waals surface area contributed by atoms with Crippen molar-refractivity contribution in [1.29, 1.82) is 0 Å². The standard InChI is InChI=1S/C18H37N/c1-3-4-5-6-7-8-9-10-11-12-14-18(2)15-13-17(19)16-18/h17H,3-16,19H2,1-2H3. The molecular weight excluding hydrogens is 230 g/mol. The van der Waals surface area contributed by atoms with Gasteiger partial charge in [-0.3, -0.25) is 0 Å². The third kappa shape index (κ3) is 7.97. The molecule has 19 heavy (non-hydrogen) atoms. The second-order valence-corrected chi connectivity index (χ2v) is 7.25. The molecule has 1 rings (SSSR count). The van der Waals surface area contributed by atoms with Crippen molar-refractivity contribution >= 4 is 0 Å². The van der Waals surface area contributed by atoms with Crippen LogP contribution in [0.2, 0.25) is 0 Å². The van der Waals surface area contributed by atoms with Crippen molar-refractivity contribution in [2.75, 3.05) is 0 Å². The van der Waals surface area contributed by atoms with Crippen LogP contribution in [0, 0.1) is 5.41 Å². The Balaban J connectivity index is 1.84. The van der Waals surface area contributed by atoms with Crippen LogP contribution in [0.5, 0.6) is 0 Å². The zero-order valence-electron chi connectivity index (χ0n) is 13.6. The Bertz CT molecular complexity index is 214. The van der Waals surface area contributed by atoms with Gasteiger partial charge in [-0.15, -0.1) is 0 Å². The Morgan fingerprint density at radius 3 is 1.89 bits per heavy atom. The van der Waals surface area contributed by atoms with Crippen LogP contribution in [0.4, 0.5) is 0 Å². The lowest BCUT2D eigenvalue weighted by Crippen LogP contribution is -2.19. The van der Waals surface area contributed by atoms with Crippen LogP contribution in [-0.2, 0) is 0 Å². The van der Waals surface area contributed by atoms with Gasteiger partial charge in [0.1, 0.15) is 0 Å². The summed E-state index contributed by atoms with van der Waals surface area (Å²) in [5.74, 6) is 0. The van der Waals surface area contributed by atoms with Gasteiger partial charge < -0.3 is 5.73 Å². The van der Waals surface area contributed by atoms with Crippen molar-refractivity contribution in [3.63, 3.8) is 0 Å². The monoisotopic (exact) mass is 267 g/mol. The molecule has 0 aromatic carbocycles. The number of hydrogen-bond donors (Lipinski definition) is 1. The van der Waals surface area contributed by atoms with Gasteiger partial charge in [-0.05, 0) is 31.1 Å². The van der Waals surface area contributed by atoms with Crippen molar-refractivity contribution in [3.8, 4) is 0 Å². The van der Waals surface area contributed by atoms with E-state index >= 15 is 0 Å². The molecule has 0 spiro atoms. The molecule has 114 valence electrons. The van der Waals surface area contributed by atoms with Gasteiger partial charge in [0.15, 0.2) is 0 Å². The van der Waals surface area contributed by atoms with Gasteiger partial charge in [0.2, 0.25) is 0 Å². The van der Waals surface area contributed by atoms with Crippen LogP contribution < -0.4 is 5.73 Å². The highest BCUT2D eigenvalue weighted by molar-refractivity contribution is 4.87. The Morgan fingerprint density at radius 1 is 0.895 bits per heavy atom. The van der Waals surface area contributed by atoms with E-state index in [1.807, 2.05) is 0 Å². The second kappa shape index (κ2) is 9.80. The molecule has 0 amide bonds. The van der Waals surface area contributed by atoms with E-state index in [9.17, 15) is 0 Å². The Hall–Kier alpha value is -0.0400. The summed E-state index contributed by atoms with van der Waals surface area (Å²) in [7, 11) is 0. The van der Waals surface area contributed by atoms with Crippen LogP contribution in [0.15, 0.2) is 0 Å². The Labute approximate surface area is 121 Å². The van der Waals surface area contributed by atoms with Crippen LogP contribution in [0.1, 0.15) is 104 Å². The molecule has 0 aromatic rings. The predicted molar refractivity (Wildman–Crippen MR) is 86.4 cm³/mol. The lowest BCUT2D eigenvalue weighted by atomic mass is 9.83. The summed E-state index contributed by atoms with van der Waals surface area (Å²) in [6.45, 7) is 4.74. The molecule has 1 aliphatic carbocycles. The first kappa shape index (κ1) is 17.0. The molecule has 0 bridgehead atoms. The topological polar surface area (TPSA) is 26.0 Å². The number of hydrogen-bond acceptors (Lipinski definition) is 1. The molecule has 0 aliphatic heterocycles. The molecule has 0 aromatic heterocycles. The summed E-state index contributed by atoms with van der Waals surface area (Å²) in [5, 5.41) is 0. The average Bonchev–Trinajstić information content (AvgIpc) is 2.72. The highest BCUT2D eigenvalue weighted by atomic mass is 14.7. The quantitative estimate of drug-likeness (QED) is 0.469. The fourth-order valence-corrected chi connectivity index (χ4v) is 3.64. The second-order valence-electron chi connectivity index (χ2n) is 7.25. The minimum absolute atomic E-state index is 0.494. The summed E-state index contributed by atoms with van der Waals surface area (Å²) in [6.07, 6.45) is 19.7. The maximum Gasteiger partial charge on any atom is 0.00442 e. The van der Waals surface area contributed by atoms with E-state index in [4.69, 9.17) is 5.73 Å². The van der Waals surface area contributed by atoms with Crippen LogP contribution >= 0.6 is 0 Å². The van der Waals surface area contributed by atoms with Crippen molar-refractivity contribution in [2.45, 2.75) is 110 Å². The molecule has 1 aliphatic rings. The summed E-state index contributed by atoms with van der Waals surface area (Å²) < 4.78 is 0. The molecule has 1 nitrogen and oxygen atoms in total. The fraction of sp³-hybridized carbons (Fsp3) is 1.00. The van der Waals surface area contributed by atoms with E-state index in [1.54, 1.807) is 0 Å². The summed E-state index contributed by atoms with van der Waals surface area (Å²) >= 11 is 0. The molecule has 1 heteroatoms. The molecule has 1 saturated carbocycles. The molecule has 2 atom stereocenters. The van der Waals surface area contributed by atoms with Crippen molar-refractivity contribution < 1.29 is 0 Å². The van der Waals surface area contributed by atoms with E-state index in [-0.39, 0.29) is 0 Å². The first-order valence-electron chi connectivity index (χ1n) is 8.92. The fourth-order valence-electron chi connectivity index (χ4n) is 3.64. The lowest BCUT2D eigenvalue weighted by molar-refractivity contribution is 0.290. The minimum Gasteiger partial charge on any atom is -0.328 e. The van der Waals surface area contributed by atoms with E-state index in [0.717, 1.165) is 0 Å². The SMILES string of the molecule is CCCCCCCCCCCCC1(C)CCC(N)C1. The highest BCUT2D eigenvalue weighted by Gasteiger charge is 2.32. The van der Waals surface area contributed by atoms with Crippen molar-refractivity contribution in [1.82, 2.24) is 0 Å².